The van der Waals surface area contributed by atoms with Crippen LogP contribution in [0.1, 0.15) is 41.3 Å². The summed E-state index contributed by atoms with van der Waals surface area (Å²) in [4.78, 5) is 4.21. The fraction of sp³-hybridized carbons (Fsp3) is 0.238. The van der Waals surface area contributed by atoms with E-state index in [0.29, 0.717) is 5.69 Å². The molecule has 7 nitrogen and oxygen atoms in total. The van der Waals surface area contributed by atoms with Crippen LogP contribution in [0, 0.1) is 16.7 Å². The molecule has 140 valence electrons. The highest BCUT2D eigenvalue weighted by Gasteiger charge is 2.23. The van der Waals surface area contributed by atoms with Crippen molar-refractivity contribution in [2.45, 2.75) is 25.4 Å². The van der Waals surface area contributed by atoms with E-state index in [0.717, 1.165) is 53.1 Å². The van der Waals surface area contributed by atoms with E-state index in [-0.39, 0.29) is 6.10 Å². The van der Waals surface area contributed by atoms with Crippen molar-refractivity contribution in [3.8, 4) is 11.8 Å². The molecule has 2 aromatic heterocycles. The molecule has 3 aromatic rings. The second-order valence-electron chi connectivity index (χ2n) is 6.80. The molecule has 0 spiro atoms. The van der Waals surface area contributed by atoms with Crippen LogP contribution in [0.3, 0.4) is 0 Å². The lowest BCUT2D eigenvalue weighted by Gasteiger charge is -2.26. The van der Waals surface area contributed by atoms with Gasteiger partial charge in [-0.3, -0.25) is 4.68 Å². The largest absolute Gasteiger partial charge is 0.486 e. The highest BCUT2D eigenvalue weighted by Crippen LogP contribution is 2.35. The van der Waals surface area contributed by atoms with E-state index in [1.807, 2.05) is 37.5 Å². The number of nitriles is 1. The number of hydrogen-bond donors (Lipinski definition) is 2. The van der Waals surface area contributed by atoms with E-state index >= 15 is 0 Å². The van der Waals surface area contributed by atoms with Gasteiger partial charge in [0.15, 0.2) is 0 Å². The molecule has 1 aromatic carbocycles. The Hall–Kier alpha value is -3.66. The van der Waals surface area contributed by atoms with Gasteiger partial charge in [-0.15, -0.1) is 0 Å². The molecule has 0 saturated heterocycles. The SMILES string of the molecule is Cn1cc(Nc2cc(OC3CCCc4cc(C#N)ncc43)ccc2C=N)cn1. The summed E-state index contributed by atoms with van der Waals surface area (Å²) < 4.78 is 8.00. The summed E-state index contributed by atoms with van der Waals surface area (Å²) in [6.45, 7) is 0. The van der Waals surface area contributed by atoms with E-state index in [4.69, 9.17) is 15.4 Å². The summed E-state index contributed by atoms with van der Waals surface area (Å²) in [5.41, 5.74) is 5.02. The molecule has 0 fully saturated rings. The predicted octanol–water partition coefficient (Wildman–Crippen LogP) is 3.88. The molecule has 0 radical (unpaired) electrons. The molecule has 0 amide bonds. The summed E-state index contributed by atoms with van der Waals surface area (Å²) in [6, 6.07) is 9.60. The van der Waals surface area contributed by atoms with Crippen molar-refractivity contribution in [1.82, 2.24) is 14.8 Å². The van der Waals surface area contributed by atoms with Crippen LogP contribution in [-0.4, -0.2) is 21.0 Å². The lowest BCUT2D eigenvalue weighted by molar-refractivity contribution is 0.183. The Kier molecular flexibility index (Phi) is 4.77. The van der Waals surface area contributed by atoms with Crippen molar-refractivity contribution >= 4 is 17.6 Å². The molecule has 1 atom stereocenters. The summed E-state index contributed by atoms with van der Waals surface area (Å²) in [5, 5.41) is 24.2. The average Bonchev–Trinajstić information content (AvgIpc) is 3.12. The Labute approximate surface area is 163 Å². The van der Waals surface area contributed by atoms with E-state index in [2.05, 4.69) is 21.5 Å². The third-order valence-corrected chi connectivity index (χ3v) is 4.84. The van der Waals surface area contributed by atoms with E-state index < -0.39 is 0 Å². The van der Waals surface area contributed by atoms with Gasteiger partial charge in [-0.05, 0) is 43.0 Å². The number of aromatic nitrogens is 3. The molecule has 0 saturated carbocycles. The van der Waals surface area contributed by atoms with Gasteiger partial charge < -0.3 is 15.5 Å². The zero-order chi connectivity index (χ0) is 19.5. The number of anilines is 2. The van der Waals surface area contributed by atoms with Crippen LogP contribution in [0.15, 0.2) is 42.9 Å². The molecule has 1 aliphatic carbocycles. The number of benzene rings is 1. The van der Waals surface area contributed by atoms with Crippen molar-refractivity contribution < 1.29 is 4.74 Å². The maximum absolute atomic E-state index is 9.07. The number of nitrogens with zero attached hydrogens (tertiary/aromatic N) is 4. The van der Waals surface area contributed by atoms with Gasteiger partial charge in [0.05, 0.1) is 17.6 Å². The normalized spacial score (nSPS) is 15.4. The third kappa shape index (κ3) is 3.58. The molecule has 0 bridgehead atoms. The lowest BCUT2D eigenvalue weighted by atomic mass is 9.90. The predicted molar refractivity (Wildman–Crippen MR) is 106 cm³/mol. The van der Waals surface area contributed by atoms with Crippen molar-refractivity contribution in [1.29, 1.82) is 10.7 Å². The molecule has 2 heterocycles. The van der Waals surface area contributed by atoms with Crippen LogP contribution in [0.5, 0.6) is 5.75 Å². The van der Waals surface area contributed by atoms with Gasteiger partial charge in [0.2, 0.25) is 0 Å². The summed E-state index contributed by atoms with van der Waals surface area (Å²) in [5.74, 6) is 0.721. The summed E-state index contributed by atoms with van der Waals surface area (Å²) in [6.07, 6.45) is 9.43. The smallest absolute Gasteiger partial charge is 0.140 e. The summed E-state index contributed by atoms with van der Waals surface area (Å²) >= 11 is 0. The molecular weight excluding hydrogens is 352 g/mol. The monoisotopic (exact) mass is 372 g/mol. The van der Waals surface area contributed by atoms with Crippen molar-refractivity contribution in [2.75, 3.05) is 5.32 Å². The minimum Gasteiger partial charge on any atom is -0.486 e. The molecule has 1 aliphatic rings. The van der Waals surface area contributed by atoms with Crippen LogP contribution >= 0.6 is 0 Å². The minimum atomic E-state index is -0.0962. The first kappa shape index (κ1) is 17.7. The molecule has 2 N–H and O–H groups in total. The Morgan fingerprint density at radius 1 is 1.36 bits per heavy atom. The van der Waals surface area contributed by atoms with Gasteiger partial charge in [-0.25, -0.2) is 4.98 Å². The van der Waals surface area contributed by atoms with Crippen molar-refractivity contribution in [2.24, 2.45) is 7.05 Å². The number of rotatable bonds is 5. The Morgan fingerprint density at radius 2 is 2.25 bits per heavy atom. The number of nitrogens with one attached hydrogen (secondary N) is 2. The number of hydrogen-bond acceptors (Lipinski definition) is 6. The van der Waals surface area contributed by atoms with E-state index in [1.165, 1.54) is 6.21 Å². The lowest BCUT2D eigenvalue weighted by Crippen LogP contribution is -2.16. The standard InChI is InChI=1S/C21H20N6O/c1-27-13-17(11-25-27)26-20-8-18(6-5-15(20)9-22)28-21-4-2-3-14-7-16(10-23)24-12-19(14)21/h5-9,11-13,21-22,26H,2-4H2,1H3. The maximum atomic E-state index is 9.07. The zero-order valence-corrected chi connectivity index (χ0v) is 15.5. The molecular formula is C21H20N6O. The number of pyridine rings is 1. The van der Waals surface area contributed by atoms with Gasteiger partial charge in [-0.1, -0.05) is 0 Å². The Morgan fingerprint density at radius 3 is 3.00 bits per heavy atom. The number of ether oxygens (including phenoxy) is 1. The van der Waals surface area contributed by atoms with Gasteiger partial charge in [-0.2, -0.15) is 10.4 Å². The van der Waals surface area contributed by atoms with Crippen LogP contribution in [0.25, 0.3) is 0 Å². The maximum Gasteiger partial charge on any atom is 0.140 e. The molecule has 7 heteroatoms. The van der Waals surface area contributed by atoms with E-state index in [1.54, 1.807) is 17.1 Å². The molecule has 1 unspecified atom stereocenters. The third-order valence-electron chi connectivity index (χ3n) is 4.84. The zero-order valence-electron chi connectivity index (χ0n) is 15.5. The number of aryl methyl sites for hydroxylation is 2. The first-order chi connectivity index (χ1) is 13.7. The number of fused-ring (bicyclic) bond motifs is 1. The average molecular weight is 372 g/mol. The first-order valence-electron chi connectivity index (χ1n) is 9.12. The second-order valence-corrected chi connectivity index (χ2v) is 6.80. The first-order valence-corrected chi connectivity index (χ1v) is 9.12. The van der Waals surface area contributed by atoms with Crippen LogP contribution in [0.4, 0.5) is 11.4 Å². The second kappa shape index (κ2) is 7.53. The fourth-order valence-corrected chi connectivity index (χ4v) is 3.48. The van der Waals surface area contributed by atoms with Gasteiger partial charge in [0, 0.05) is 42.8 Å². The highest BCUT2D eigenvalue weighted by atomic mass is 16.5. The van der Waals surface area contributed by atoms with E-state index in [9.17, 15) is 0 Å². The van der Waals surface area contributed by atoms with Crippen molar-refractivity contribution in [3.05, 3.63) is 65.2 Å². The topological polar surface area (TPSA) is 99.6 Å². The summed E-state index contributed by atoms with van der Waals surface area (Å²) in [7, 11) is 1.86. The molecule has 4 rings (SSSR count). The van der Waals surface area contributed by atoms with Gasteiger partial charge in [0.25, 0.3) is 0 Å². The van der Waals surface area contributed by atoms with Crippen molar-refractivity contribution in [3.63, 3.8) is 0 Å². The fourth-order valence-electron chi connectivity index (χ4n) is 3.48. The van der Waals surface area contributed by atoms with Gasteiger partial charge >= 0.3 is 0 Å². The molecule has 28 heavy (non-hydrogen) atoms. The van der Waals surface area contributed by atoms with Gasteiger partial charge in [0.1, 0.15) is 23.6 Å². The van der Waals surface area contributed by atoms with Crippen LogP contribution < -0.4 is 10.1 Å². The molecule has 0 aliphatic heterocycles. The Balaban J connectivity index is 1.60. The Bertz CT molecular complexity index is 1060. The minimum absolute atomic E-state index is 0.0962. The highest BCUT2D eigenvalue weighted by molar-refractivity contribution is 5.87. The quantitative estimate of drug-likeness (QED) is 0.662. The van der Waals surface area contributed by atoms with Crippen LogP contribution in [0.2, 0.25) is 0 Å². The van der Waals surface area contributed by atoms with Crippen LogP contribution in [-0.2, 0) is 13.5 Å².